The van der Waals surface area contributed by atoms with E-state index in [9.17, 15) is 14.4 Å². The zero-order valence-corrected chi connectivity index (χ0v) is 10.1. The van der Waals surface area contributed by atoms with Crippen molar-refractivity contribution in [1.29, 1.82) is 0 Å². The van der Waals surface area contributed by atoms with Gasteiger partial charge in [-0.15, -0.1) is 0 Å². The number of anilines is 1. The Morgan fingerprint density at radius 3 is 2.69 bits per heavy atom. The first-order valence-electron chi connectivity index (χ1n) is 4.66. The van der Waals surface area contributed by atoms with Crippen molar-refractivity contribution >= 4 is 39.1 Å². The van der Waals surface area contributed by atoms with E-state index in [-0.39, 0.29) is 12.3 Å². The highest BCUT2D eigenvalue weighted by Crippen LogP contribution is 2.30. The van der Waals surface area contributed by atoms with Gasteiger partial charge in [0.25, 0.3) is 11.7 Å². The maximum absolute atomic E-state index is 11.6. The molecule has 4 nitrogen and oxygen atoms in total. The van der Waals surface area contributed by atoms with Gasteiger partial charge < -0.3 is 0 Å². The van der Waals surface area contributed by atoms with Crippen LogP contribution in [0.3, 0.4) is 0 Å². The van der Waals surface area contributed by atoms with Crippen LogP contribution in [0.2, 0.25) is 0 Å². The van der Waals surface area contributed by atoms with Crippen LogP contribution in [-0.4, -0.2) is 24.0 Å². The third-order valence-electron chi connectivity index (χ3n) is 2.31. The van der Waals surface area contributed by atoms with E-state index in [0.717, 1.165) is 4.47 Å². The molecule has 82 valence electrons. The average molecular weight is 282 g/mol. The third kappa shape index (κ3) is 1.67. The molecule has 1 amide bonds. The van der Waals surface area contributed by atoms with Gasteiger partial charge in [-0.05, 0) is 25.1 Å². The van der Waals surface area contributed by atoms with E-state index in [1.807, 2.05) is 0 Å². The van der Waals surface area contributed by atoms with Crippen molar-refractivity contribution in [3.05, 3.63) is 28.2 Å². The molecule has 1 aromatic rings. The Hall–Kier alpha value is -1.49. The molecule has 0 radical (unpaired) electrons. The minimum atomic E-state index is -0.636. The molecular formula is C11H8BrNO3. The molecule has 5 heteroatoms. The Morgan fingerprint density at radius 1 is 1.38 bits per heavy atom. The van der Waals surface area contributed by atoms with E-state index in [4.69, 9.17) is 0 Å². The maximum Gasteiger partial charge on any atom is 0.299 e. The molecule has 0 N–H and O–H groups in total. The van der Waals surface area contributed by atoms with Gasteiger partial charge in [0.2, 0.25) is 0 Å². The number of hydrogen-bond acceptors (Lipinski definition) is 3. The first-order chi connectivity index (χ1) is 7.50. The molecule has 1 aromatic carbocycles. The number of hydrogen-bond donors (Lipinski definition) is 0. The van der Waals surface area contributed by atoms with Crippen molar-refractivity contribution in [2.24, 2.45) is 0 Å². The Bertz CT molecular complexity index is 510. The van der Waals surface area contributed by atoms with E-state index in [0.29, 0.717) is 11.3 Å². The molecule has 0 saturated carbocycles. The van der Waals surface area contributed by atoms with Crippen LogP contribution in [0, 0.1) is 0 Å². The number of benzene rings is 1. The van der Waals surface area contributed by atoms with Crippen LogP contribution in [0.5, 0.6) is 0 Å². The summed E-state index contributed by atoms with van der Waals surface area (Å²) in [4.78, 5) is 35.5. The van der Waals surface area contributed by atoms with Gasteiger partial charge in [0, 0.05) is 4.47 Å². The summed E-state index contributed by atoms with van der Waals surface area (Å²) in [5.41, 5.74) is 0.856. The van der Waals surface area contributed by atoms with Crippen LogP contribution in [0.15, 0.2) is 22.7 Å². The van der Waals surface area contributed by atoms with Gasteiger partial charge in [0.15, 0.2) is 0 Å². The van der Waals surface area contributed by atoms with Crippen LogP contribution in [0.1, 0.15) is 17.3 Å². The van der Waals surface area contributed by atoms with E-state index in [2.05, 4.69) is 15.9 Å². The molecule has 1 heterocycles. The second-order valence-electron chi connectivity index (χ2n) is 3.58. The van der Waals surface area contributed by atoms with Gasteiger partial charge >= 0.3 is 0 Å². The summed E-state index contributed by atoms with van der Waals surface area (Å²) in [6.07, 6.45) is 0. The molecule has 0 atom stereocenters. The van der Waals surface area contributed by atoms with Crippen molar-refractivity contribution in [2.75, 3.05) is 11.4 Å². The van der Waals surface area contributed by atoms with E-state index < -0.39 is 11.7 Å². The molecule has 0 aromatic heterocycles. The minimum absolute atomic E-state index is 0.0563. The number of halogens is 1. The molecule has 0 unspecified atom stereocenters. The number of fused-ring (bicyclic) bond motifs is 1. The molecule has 1 aliphatic heterocycles. The number of ketones is 2. The van der Waals surface area contributed by atoms with Crippen LogP contribution >= 0.6 is 15.9 Å². The number of carbonyl (C=O) groups excluding carboxylic acids is 3. The van der Waals surface area contributed by atoms with E-state index >= 15 is 0 Å². The van der Waals surface area contributed by atoms with Gasteiger partial charge in [-0.25, -0.2) is 0 Å². The van der Waals surface area contributed by atoms with Crippen molar-refractivity contribution in [1.82, 2.24) is 0 Å². The fourth-order valence-electron chi connectivity index (χ4n) is 1.65. The van der Waals surface area contributed by atoms with Crippen molar-refractivity contribution in [2.45, 2.75) is 6.92 Å². The lowest BCUT2D eigenvalue weighted by molar-refractivity contribution is -0.119. The smallest absolute Gasteiger partial charge is 0.298 e. The van der Waals surface area contributed by atoms with Crippen molar-refractivity contribution in [3.63, 3.8) is 0 Å². The highest BCUT2D eigenvalue weighted by molar-refractivity contribution is 9.10. The average Bonchev–Trinajstić information content (AvgIpc) is 2.43. The largest absolute Gasteiger partial charge is 0.299 e. The Morgan fingerprint density at radius 2 is 2.06 bits per heavy atom. The predicted molar refractivity (Wildman–Crippen MR) is 61.5 cm³/mol. The summed E-state index contributed by atoms with van der Waals surface area (Å²) in [6, 6.07) is 4.98. The number of Topliss-reactive ketones (excluding diaryl/α,β-unsaturated/α-hetero) is 2. The summed E-state index contributed by atoms with van der Waals surface area (Å²) < 4.78 is 0.733. The van der Waals surface area contributed by atoms with Crippen molar-refractivity contribution in [3.8, 4) is 0 Å². The summed E-state index contributed by atoms with van der Waals surface area (Å²) in [5.74, 6) is -1.35. The first-order valence-corrected chi connectivity index (χ1v) is 5.45. The summed E-state index contributed by atoms with van der Waals surface area (Å²) in [6.45, 7) is 1.33. The molecule has 0 spiro atoms. The maximum atomic E-state index is 11.6. The number of nitrogens with zero attached hydrogens (tertiary/aromatic N) is 1. The number of rotatable bonds is 2. The second-order valence-corrected chi connectivity index (χ2v) is 4.50. The van der Waals surface area contributed by atoms with Crippen LogP contribution in [-0.2, 0) is 9.59 Å². The molecule has 1 aliphatic rings. The van der Waals surface area contributed by atoms with Gasteiger partial charge in [-0.3, -0.25) is 19.3 Å². The van der Waals surface area contributed by atoms with E-state index in [1.165, 1.54) is 11.8 Å². The normalized spacial score (nSPS) is 14.2. The SMILES string of the molecule is CC(=O)CN1C(=O)C(=O)c2cc(Br)ccc21. The Labute approximate surface area is 100 Å². The zero-order valence-electron chi connectivity index (χ0n) is 8.49. The quantitative estimate of drug-likeness (QED) is 0.774. The summed E-state index contributed by atoms with van der Waals surface area (Å²) >= 11 is 3.23. The Kier molecular flexibility index (Phi) is 2.63. The highest BCUT2D eigenvalue weighted by Gasteiger charge is 2.36. The monoisotopic (exact) mass is 281 g/mol. The van der Waals surface area contributed by atoms with Crippen LogP contribution in [0.4, 0.5) is 5.69 Å². The zero-order chi connectivity index (χ0) is 11.9. The van der Waals surface area contributed by atoms with Crippen LogP contribution in [0.25, 0.3) is 0 Å². The third-order valence-corrected chi connectivity index (χ3v) is 2.81. The molecule has 2 rings (SSSR count). The van der Waals surface area contributed by atoms with Gasteiger partial charge in [0.1, 0.15) is 5.78 Å². The second kappa shape index (κ2) is 3.83. The number of amides is 1. The number of carbonyl (C=O) groups is 3. The molecule has 16 heavy (non-hydrogen) atoms. The van der Waals surface area contributed by atoms with Gasteiger partial charge in [-0.2, -0.15) is 0 Å². The molecule has 0 fully saturated rings. The summed E-state index contributed by atoms with van der Waals surface area (Å²) in [7, 11) is 0. The van der Waals surface area contributed by atoms with Gasteiger partial charge in [-0.1, -0.05) is 15.9 Å². The molecule has 0 saturated heterocycles. The fraction of sp³-hybridized carbons (Fsp3) is 0.182. The fourth-order valence-corrected chi connectivity index (χ4v) is 2.01. The van der Waals surface area contributed by atoms with Crippen molar-refractivity contribution < 1.29 is 14.4 Å². The Balaban J connectivity index is 2.50. The summed E-state index contributed by atoms with van der Waals surface area (Å²) in [5, 5.41) is 0. The lowest BCUT2D eigenvalue weighted by Crippen LogP contribution is -2.33. The molecule has 0 aliphatic carbocycles. The minimum Gasteiger partial charge on any atom is -0.298 e. The lowest BCUT2D eigenvalue weighted by Gasteiger charge is -2.13. The molecule has 0 bridgehead atoms. The first kappa shape index (κ1) is 11.0. The predicted octanol–water partition coefficient (Wildman–Crippen LogP) is 1.57. The standard InChI is InChI=1S/C11H8BrNO3/c1-6(14)5-13-9-3-2-7(12)4-8(9)10(15)11(13)16/h2-4H,5H2,1H3. The van der Waals surface area contributed by atoms with Crippen LogP contribution < -0.4 is 4.90 Å². The molecular weight excluding hydrogens is 274 g/mol. The highest BCUT2D eigenvalue weighted by atomic mass is 79.9. The topological polar surface area (TPSA) is 54.5 Å². The van der Waals surface area contributed by atoms with Gasteiger partial charge in [0.05, 0.1) is 17.8 Å². The van der Waals surface area contributed by atoms with E-state index in [1.54, 1.807) is 18.2 Å². The lowest BCUT2D eigenvalue weighted by atomic mass is 10.1.